The minimum Gasteiger partial charge on any atom is -0.389 e. The van der Waals surface area contributed by atoms with Crippen LogP contribution in [0.4, 0.5) is 0 Å². The molecule has 3 N–H and O–H groups in total. The van der Waals surface area contributed by atoms with E-state index in [0.717, 1.165) is 35.6 Å². The molecule has 2 aromatic rings. The van der Waals surface area contributed by atoms with E-state index in [1.807, 2.05) is 42.5 Å². The van der Waals surface area contributed by atoms with Gasteiger partial charge in [-0.1, -0.05) is 61.7 Å². The summed E-state index contributed by atoms with van der Waals surface area (Å²) in [7, 11) is 0. The van der Waals surface area contributed by atoms with Crippen molar-refractivity contribution in [3.63, 3.8) is 0 Å². The van der Waals surface area contributed by atoms with Crippen LogP contribution in [-0.4, -0.2) is 22.5 Å². The molecule has 1 fully saturated rings. The second kappa shape index (κ2) is 7.66. The topological polar surface area (TPSA) is 78.4 Å². The van der Waals surface area contributed by atoms with Crippen LogP contribution in [0.2, 0.25) is 0 Å². The lowest BCUT2D eigenvalue weighted by molar-refractivity contribution is -0.132. The maximum Gasteiger partial charge on any atom is 0.242 e. The SMILES string of the molecule is O=C(Cc1cccc2ccccc12)NNC(=O)CC1(O)CCCCC1. The molecule has 0 aromatic heterocycles. The Morgan fingerprint density at radius 1 is 0.920 bits per heavy atom. The highest BCUT2D eigenvalue weighted by atomic mass is 16.3. The first-order valence-electron chi connectivity index (χ1n) is 8.82. The van der Waals surface area contributed by atoms with Gasteiger partial charge in [0.05, 0.1) is 18.4 Å². The number of carbonyl (C=O) groups excluding carboxylic acids is 2. The molecule has 2 aromatic carbocycles. The zero-order chi connectivity index (χ0) is 17.7. The molecule has 1 saturated carbocycles. The normalized spacial score (nSPS) is 16.4. The number of nitrogens with one attached hydrogen (secondary N) is 2. The van der Waals surface area contributed by atoms with Crippen molar-refractivity contribution < 1.29 is 14.7 Å². The molecule has 132 valence electrons. The third-order valence-corrected chi connectivity index (χ3v) is 4.85. The van der Waals surface area contributed by atoms with Gasteiger partial charge in [0.2, 0.25) is 11.8 Å². The Labute approximate surface area is 147 Å². The molecule has 1 aliphatic rings. The van der Waals surface area contributed by atoms with Gasteiger partial charge in [-0.2, -0.15) is 0 Å². The molecule has 0 spiro atoms. The van der Waals surface area contributed by atoms with E-state index in [9.17, 15) is 14.7 Å². The Morgan fingerprint density at radius 2 is 1.60 bits per heavy atom. The molecule has 3 rings (SSSR count). The van der Waals surface area contributed by atoms with Crippen molar-refractivity contribution in [3.05, 3.63) is 48.0 Å². The summed E-state index contributed by atoms with van der Waals surface area (Å²) in [6, 6.07) is 13.7. The first kappa shape index (κ1) is 17.4. The minimum absolute atomic E-state index is 0.0293. The van der Waals surface area contributed by atoms with E-state index < -0.39 is 5.60 Å². The fourth-order valence-electron chi connectivity index (χ4n) is 3.53. The largest absolute Gasteiger partial charge is 0.389 e. The van der Waals surface area contributed by atoms with Crippen molar-refractivity contribution in [2.24, 2.45) is 0 Å². The van der Waals surface area contributed by atoms with Gasteiger partial charge in [-0.15, -0.1) is 0 Å². The number of carbonyl (C=O) groups is 2. The standard InChI is InChI=1S/C20H24N2O3/c23-18(13-16-9-6-8-15-7-2-3-10-17(15)16)21-22-19(24)14-20(25)11-4-1-5-12-20/h2-3,6-10,25H,1,4-5,11-14H2,(H,21,23)(H,22,24). The zero-order valence-corrected chi connectivity index (χ0v) is 14.3. The van der Waals surface area contributed by atoms with Crippen LogP contribution < -0.4 is 10.9 Å². The summed E-state index contributed by atoms with van der Waals surface area (Å²) in [5, 5.41) is 12.5. The van der Waals surface area contributed by atoms with Crippen molar-refractivity contribution in [2.75, 3.05) is 0 Å². The Hall–Kier alpha value is -2.40. The Balaban J connectivity index is 1.53. The van der Waals surface area contributed by atoms with Gasteiger partial charge < -0.3 is 5.11 Å². The number of aliphatic hydroxyl groups is 1. The van der Waals surface area contributed by atoms with E-state index >= 15 is 0 Å². The Morgan fingerprint density at radius 3 is 2.40 bits per heavy atom. The minimum atomic E-state index is -0.928. The molecule has 0 unspecified atom stereocenters. The van der Waals surface area contributed by atoms with Gasteiger partial charge in [0.1, 0.15) is 0 Å². The van der Waals surface area contributed by atoms with E-state index in [1.54, 1.807) is 0 Å². The van der Waals surface area contributed by atoms with Crippen LogP contribution in [0.25, 0.3) is 10.8 Å². The fraction of sp³-hybridized carbons (Fsp3) is 0.400. The summed E-state index contributed by atoms with van der Waals surface area (Å²) < 4.78 is 0. The Kier molecular flexibility index (Phi) is 5.34. The summed E-state index contributed by atoms with van der Waals surface area (Å²) in [5.41, 5.74) is 4.86. The second-order valence-corrected chi connectivity index (χ2v) is 6.87. The molecular weight excluding hydrogens is 316 g/mol. The lowest BCUT2D eigenvalue weighted by atomic mass is 9.82. The highest BCUT2D eigenvalue weighted by molar-refractivity contribution is 5.91. The third-order valence-electron chi connectivity index (χ3n) is 4.85. The number of fused-ring (bicyclic) bond motifs is 1. The van der Waals surface area contributed by atoms with Crippen LogP contribution in [0.5, 0.6) is 0 Å². The van der Waals surface area contributed by atoms with Gasteiger partial charge >= 0.3 is 0 Å². The fourth-order valence-corrected chi connectivity index (χ4v) is 3.53. The van der Waals surface area contributed by atoms with Crippen LogP contribution in [0.3, 0.4) is 0 Å². The van der Waals surface area contributed by atoms with Gasteiger partial charge in [-0.05, 0) is 29.2 Å². The van der Waals surface area contributed by atoms with Gasteiger partial charge in [-0.25, -0.2) is 0 Å². The molecule has 1 aliphatic carbocycles. The van der Waals surface area contributed by atoms with E-state index in [1.165, 1.54) is 0 Å². The number of hydrazine groups is 1. The van der Waals surface area contributed by atoms with Gasteiger partial charge in [0, 0.05) is 0 Å². The summed E-state index contributed by atoms with van der Waals surface area (Å²) in [6.45, 7) is 0. The lowest BCUT2D eigenvalue weighted by Crippen LogP contribution is -2.46. The molecule has 2 amide bonds. The molecule has 0 atom stereocenters. The van der Waals surface area contributed by atoms with Crippen LogP contribution >= 0.6 is 0 Å². The monoisotopic (exact) mass is 340 g/mol. The van der Waals surface area contributed by atoms with E-state index in [-0.39, 0.29) is 24.7 Å². The van der Waals surface area contributed by atoms with E-state index in [2.05, 4.69) is 10.9 Å². The van der Waals surface area contributed by atoms with E-state index in [0.29, 0.717) is 12.8 Å². The third kappa shape index (κ3) is 4.57. The molecule has 0 saturated heterocycles. The predicted molar refractivity (Wildman–Crippen MR) is 96.6 cm³/mol. The quantitative estimate of drug-likeness (QED) is 0.749. The molecule has 0 radical (unpaired) electrons. The zero-order valence-electron chi connectivity index (χ0n) is 14.3. The Bertz CT molecular complexity index is 761. The van der Waals surface area contributed by atoms with Crippen LogP contribution in [0.1, 0.15) is 44.1 Å². The van der Waals surface area contributed by atoms with Gasteiger partial charge in [-0.3, -0.25) is 20.4 Å². The number of rotatable bonds is 4. The summed E-state index contributed by atoms with van der Waals surface area (Å²) in [5.74, 6) is -0.629. The van der Waals surface area contributed by atoms with Crippen LogP contribution in [0.15, 0.2) is 42.5 Å². The predicted octanol–water partition coefficient (Wildman–Crippen LogP) is 2.62. The van der Waals surface area contributed by atoms with Crippen molar-refractivity contribution in [1.82, 2.24) is 10.9 Å². The molecular formula is C20H24N2O3. The van der Waals surface area contributed by atoms with Crippen molar-refractivity contribution in [3.8, 4) is 0 Å². The molecule has 0 heterocycles. The molecule has 5 heteroatoms. The smallest absolute Gasteiger partial charge is 0.242 e. The average molecular weight is 340 g/mol. The van der Waals surface area contributed by atoms with Crippen LogP contribution in [0, 0.1) is 0 Å². The van der Waals surface area contributed by atoms with Crippen molar-refractivity contribution >= 4 is 22.6 Å². The van der Waals surface area contributed by atoms with Gasteiger partial charge in [0.25, 0.3) is 0 Å². The molecule has 0 bridgehead atoms. The highest BCUT2D eigenvalue weighted by Crippen LogP contribution is 2.30. The first-order valence-corrected chi connectivity index (χ1v) is 8.82. The number of hydrogen-bond donors (Lipinski definition) is 3. The van der Waals surface area contributed by atoms with Crippen molar-refractivity contribution in [2.45, 2.75) is 50.5 Å². The van der Waals surface area contributed by atoms with Crippen LogP contribution in [-0.2, 0) is 16.0 Å². The molecule has 0 aliphatic heterocycles. The molecule has 5 nitrogen and oxygen atoms in total. The summed E-state index contributed by atoms with van der Waals surface area (Å²) in [4.78, 5) is 24.1. The average Bonchev–Trinajstić information content (AvgIpc) is 2.61. The second-order valence-electron chi connectivity index (χ2n) is 6.87. The summed E-state index contributed by atoms with van der Waals surface area (Å²) >= 11 is 0. The number of benzene rings is 2. The maximum atomic E-state index is 12.1. The maximum absolute atomic E-state index is 12.1. The highest BCUT2D eigenvalue weighted by Gasteiger charge is 2.31. The number of hydrogen-bond acceptors (Lipinski definition) is 3. The summed E-state index contributed by atoms with van der Waals surface area (Å²) in [6.07, 6.45) is 4.49. The number of amides is 2. The lowest BCUT2D eigenvalue weighted by Gasteiger charge is -2.31. The van der Waals surface area contributed by atoms with E-state index in [4.69, 9.17) is 0 Å². The van der Waals surface area contributed by atoms with Gasteiger partial charge in [0.15, 0.2) is 0 Å². The first-order chi connectivity index (χ1) is 12.1. The molecule has 25 heavy (non-hydrogen) atoms. The van der Waals surface area contributed by atoms with Crippen molar-refractivity contribution in [1.29, 1.82) is 0 Å².